The van der Waals surface area contributed by atoms with Crippen LogP contribution in [0.5, 0.6) is 0 Å². The van der Waals surface area contributed by atoms with Crippen molar-refractivity contribution >= 4 is 28.7 Å². The van der Waals surface area contributed by atoms with Crippen LogP contribution in [0.1, 0.15) is 38.8 Å². The summed E-state index contributed by atoms with van der Waals surface area (Å²) < 4.78 is 13.6. The molecular weight excluding hydrogens is 403 g/mol. The normalized spacial score (nSPS) is 18.2. The standard InChI is InChI=1S/C22H27FN4O2S/c1-13(2)11-24-18(28)10-17-12-30-22-25-14(3)19(21(29)26(4)5)20(27(17)22)15-6-8-16(23)9-7-15/h6-9,12-13,20H,10-11H2,1-5H3,(H,24,28). The summed E-state index contributed by atoms with van der Waals surface area (Å²) in [6, 6.07) is 5.65. The highest BCUT2D eigenvalue weighted by molar-refractivity contribution is 8.16. The van der Waals surface area contributed by atoms with Crippen LogP contribution in [0.25, 0.3) is 0 Å². The Bertz CT molecular complexity index is 935. The quantitative estimate of drug-likeness (QED) is 0.748. The molecular formula is C22H27FN4O2S. The molecule has 0 radical (unpaired) electrons. The summed E-state index contributed by atoms with van der Waals surface area (Å²) in [4.78, 5) is 33.6. The number of carbonyl (C=O) groups is 2. The van der Waals surface area contributed by atoms with Gasteiger partial charge in [-0.05, 0) is 35.9 Å². The van der Waals surface area contributed by atoms with Gasteiger partial charge in [0.25, 0.3) is 5.91 Å². The number of thioether (sulfide) groups is 1. The smallest absolute Gasteiger partial charge is 0.253 e. The van der Waals surface area contributed by atoms with E-state index in [1.807, 2.05) is 31.1 Å². The summed E-state index contributed by atoms with van der Waals surface area (Å²) in [7, 11) is 3.39. The zero-order valence-electron chi connectivity index (χ0n) is 17.9. The van der Waals surface area contributed by atoms with E-state index in [0.717, 1.165) is 11.3 Å². The lowest BCUT2D eigenvalue weighted by Gasteiger charge is -2.37. The van der Waals surface area contributed by atoms with Crippen molar-refractivity contribution in [3.05, 3.63) is 58.0 Å². The third kappa shape index (κ3) is 4.59. The fourth-order valence-corrected chi connectivity index (χ4v) is 4.35. The van der Waals surface area contributed by atoms with E-state index in [1.165, 1.54) is 28.8 Å². The summed E-state index contributed by atoms with van der Waals surface area (Å²) in [6.45, 7) is 6.49. The molecule has 0 spiro atoms. The average molecular weight is 431 g/mol. The van der Waals surface area contributed by atoms with E-state index in [4.69, 9.17) is 0 Å². The first-order valence-corrected chi connectivity index (χ1v) is 10.7. The van der Waals surface area contributed by atoms with Gasteiger partial charge in [0.05, 0.1) is 23.7 Å². The van der Waals surface area contributed by atoms with E-state index in [2.05, 4.69) is 10.3 Å². The molecule has 0 bridgehead atoms. The maximum Gasteiger partial charge on any atom is 0.253 e. The molecule has 0 saturated carbocycles. The SMILES string of the molecule is CC1=C(C(=O)N(C)C)C(c2ccc(F)cc2)N2C(CC(=O)NCC(C)C)=CSC2=N1. The lowest BCUT2D eigenvalue weighted by atomic mass is 9.93. The number of benzene rings is 1. The van der Waals surface area contributed by atoms with E-state index in [1.54, 1.807) is 26.2 Å². The molecule has 1 unspecified atom stereocenters. The Morgan fingerprint density at radius 2 is 1.93 bits per heavy atom. The Hall–Kier alpha value is -2.61. The first-order valence-electron chi connectivity index (χ1n) is 9.87. The van der Waals surface area contributed by atoms with Gasteiger partial charge in [0, 0.05) is 26.3 Å². The molecule has 2 heterocycles. The molecule has 1 aromatic rings. The van der Waals surface area contributed by atoms with Crippen molar-refractivity contribution in [2.75, 3.05) is 20.6 Å². The number of hydrogen-bond donors (Lipinski definition) is 1. The number of nitrogens with zero attached hydrogens (tertiary/aromatic N) is 3. The summed E-state index contributed by atoms with van der Waals surface area (Å²) in [5.74, 6) is -0.231. The third-order valence-electron chi connectivity index (χ3n) is 4.87. The van der Waals surface area contributed by atoms with E-state index in [9.17, 15) is 14.0 Å². The molecule has 30 heavy (non-hydrogen) atoms. The highest BCUT2D eigenvalue weighted by Gasteiger charge is 2.40. The molecule has 2 aliphatic heterocycles. The van der Waals surface area contributed by atoms with E-state index in [0.29, 0.717) is 28.9 Å². The Morgan fingerprint density at radius 1 is 1.27 bits per heavy atom. The molecule has 0 saturated heterocycles. The van der Waals surface area contributed by atoms with Gasteiger partial charge in [0.2, 0.25) is 5.91 Å². The van der Waals surface area contributed by atoms with Gasteiger partial charge in [0.15, 0.2) is 5.17 Å². The number of carbonyl (C=O) groups excluding carboxylic acids is 2. The first-order chi connectivity index (χ1) is 14.2. The van der Waals surface area contributed by atoms with Crippen molar-refractivity contribution in [2.45, 2.75) is 33.2 Å². The fraction of sp³-hybridized carbons (Fsp3) is 0.409. The molecule has 6 nitrogen and oxygen atoms in total. The van der Waals surface area contributed by atoms with Crippen LogP contribution >= 0.6 is 11.8 Å². The Kier molecular flexibility index (Phi) is 6.65. The van der Waals surface area contributed by atoms with Crippen molar-refractivity contribution in [3.8, 4) is 0 Å². The van der Waals surface area contributed by atoms with E-state index < -0.39 is 6.04 Å². The number of amides is 2. The van der Waals surface area contributed by atoms with Crippen LogP contribution in [-0.2, 0) is 9.59 Å². The van der Waals surface area contributed by atoms with Gasteiger partial charge < -0.3 is 15.1 Å². The van der Waals surface area contributed by atoms with Crippen LogP contribution in [0.4, 0.5) is 4.39 Å². The largest absolute Gasteiger partial charge is 0.356 e. The van der Waals surface area contributed by atoms with Crippen molar-refractivity contribution in [1.29, 1.82) is 0 Å². The zero-order valence-corrected chi connectivity index (χ0v) is 18.7. The molecule has 160 valence electrons. The monoisotopic (exact) mass is 430 g/mol. The number of rotatable bonds is 6. The van der Waals surface area contributed by atoms with Crippen LogP contribution in [0.3, 0.4) is 0 Å². The minimum Gasteiger partial charge on any atom is -0.356 e. The number of halogens is 1. The van der Waals surface area contributed by atoms with Crippen molar-refractivity contribution in [1.82, 2.24) is 15.1 Å². The molecule has 1 atom stereocenters. The molecule has 0 aromatic heterocycles. The Balaban J connectivity index is 1.99. The number of nitrogens with one attached hydrogen (secondary N) is 1. The van der Waals surface area contributed by atoms with Gasteiger partial charge in [-0.25, -0.2) is 9.38 Å². The number of allylic oxidation sites excluding steroid dienone is 1. The second kappa shape index (κ2) is 9.04. The lowest BCUT2D eigenvalue weighted by Crippen LogP contribution is -2.40. The summed E-state index contributed by atoms with van der Waals surface area (Å²) in [5.41, 5.74) is 2.68. The van der Waals surface area contributed by atoms with Crippen molar-refractivity contribution in [3.63, 3.8) is 0 Å². The minimum atomic E-state index is -0.479. The number of likely N-dealkylation sites (N-methyl/N-ethyl adjacent to an activating group) is 1. The van der Waals surface area contributed by atoms with Gasteiger partial charge in [-0.15, -0.1) is 0 Å². The summed E-state index contributed by atoms with van der Waals surface area (Å²) >= 11 is 1.43. The van der Waals surface area contributed by atoms with Crippen LogP contribution < -0.4 is 5.32 Å². The summed E-state index contributed by atoms with van der Waals surface area (Å²) in [6.07, 6.45) is 0.179. The Labute approximate surface area is 180 Å². The average Bonchev–Trinajstić information content (AvgIpc) is 3.07. The molecule has 0 aliphatic carbocycles. The van der Waals surface area contributed by atoms with Crippen LogP contribution in [0.15, 0.2) is 51.6 Å². The maximum absolute atomic E-state index is 13.6. The highest BCUT2D eigenvalue weighted by Crippen LogP contribution is 2.44. The summed E-state index contributed by atoms with van der Waals surface area (Å²) in [5, 5.41) is 5.55. The van der Waals surface area contributed by atoms with E-state index in [-0.39, 0.29) is 24.1 Å². The predicted molar refractivity (Wildman–Crippen MR) is 118 cm³/mol. The molecule has 1 N–H and O–H groups in total. The van der Waals surface area contributed by atoms with Crippen LogP contribution in [0, 0.1) is 11.7 Å². The number of hydrogen-bond acceptors (Lipinski definition) is 5. The predicted octanol–water partition coefficient (Wildman–Crippen LogP) is 3.65. The van der Waals surface area contributed by atoms with Gasteiger partial charge in [-0.2, -0.15) is 0 Å². The van der Waals surface area contributed by atoms with Crippen molar-refractivity contribution in [2.24, 2.45) is 10.9 Å². The molecule has 0 fully saturated rings. The van der Waals surface area contributed by atoms with Gasteiger partial charge in [-0.3, -0.25) is 9.59 Å². The fourth-order valence-electron chi connectivity index (χ4n) is 3.39. The molecule has 2 aliphatic rings. The highest BCUT2D eigenvalue weighted by atomic mass is 32.2. The lowest BCUT2D eigenvalue weighted by molar-refractivity contribution is -0.125. The third-order valence-corrected chi connectivity index (χ3v) is 5.76. The molecule has 3 rings (SSSR count). The molecule has 2 amide bonds. The minimum absolute atomic E-state index is 0.0820. The topological polar surface area (TPSA) is 65.0 Å². The number of aliphatic imine (C=N–C) groups is 1. The number of fused-ring (bicyclic) bond motifs is 1. The van der Waals surface area contributed by atoms with Gasteiger partial charge in [-0.1, -0.05) is 37.7 Å². The van der Waals surface area contributed by atoms with Gasteiger partial charge >= 0.3 is 0 Å². The van der Waals surface area contributed by atoms with E-state index >= 15 is 0 Å². The van der Waals surface area contributed by atoms with Crippen molar-refractivity contribution < 1.29 is 14.0 Å². The first kappa shape index (κ1) is 22.1. The maximum atomic E-state index is 13.6. The number of amidine groups is 1. The van der Waals surface area contributed by atoms with Crippen LogP contribution in [0.2, 0.25) is 0 Å². The van der Waals surface area contributed by atoms with Gasteiger partial charge in [0.1, 0.15) is 5.82 Å². The zero-order chi connectivity index (χ0) is 22.0. The second-order valence-electron chi connectivity index (χ2n) is 8.02. The Morgan fingerprint density at radius 3 is 2.53 bits per heavy atom. The molecule has 1 aromatic carbocycles. The molecule has 8 heteroatoms. The second-order valence-corrected chi connectivity index (χ2v) is 8.86. The van der Waals surface area contributed by atoms with Crippen LogP contribution in [-0.4, -0.2) is 47.4 Å².